The molecule has 0 saturated heterocycles. The molecule has 170 valence electrons. The van der Waals surface area contributed by atoms with Gasteiger partial charge in [0.15, 0.2) is 5.96 Å². The summed E-state index contributed by atoms with van der Waals surface area (Å²) in [6, 6.07) is 2.95. The Bertz CT molecular complexity index is 821. The van der Waals surface area contributed by atoms with E-state index in [2.05, 4.69) is 15.6 Å². The Morgan fingerprint density at radius 2 is 1.77 bits per heavy atom. The first-order valence-electron chi connectivity index (χ1n) is 9.37. The number of aliphatic hydroxyl groups is 1. The lowest BCUT2D eigenvalue weighted by Gasteiger charge is -2.23. The number of nitro groups is 1. The SMILES string of the molecule is CC(O)[C@H](NC(=O)[C@H](Cc1ccc([N+](=O)[O-])cc1)NC(=O)CCCN=C(N)N)C(N)=O. The number of hydrogen-bond donors (Lipinski definition) is 6. The van der Waals surface area contributed by atoms with E-state index in [4.69, 9.17) is 17.2 Å². The van der Waals surface area contributed by atoms with Crippen LogP contribution >= 0.6 is 0 Å². The van der Waals surface area contributed by atoms with E-state index in [9.17, 15) is 29.6 Å². The van der Waals surface area contributed by atoms with E-state index in [1.54, 1.807) is 0 Å². The van der Waals surface area contributed by atoms with Crippen molar-refractivity contribution in [2.45, 2.75) is 44.4 Å². The third kappa shape index (κ3) is 9.08. The van der Waals surface area contributed by atoms with Gasteiger partial charge in [-0.3, -0.25) is 29.5 Å². The molecule has 0 saturated carbocycles. The Hall–Kier alpha value is -3.74. The van der Waals surface area contributed by atoms with Gasteiger partial charge >= 0.3 is 0 Å². The zero-order valence-electron chi connectivity index (χ0n) is 17.0. The average Bonchev–Trinajstić information content (AvgIpc) is 2.68. The first-order chi connectivity index (χ1) is 14.5. The highest BCUT2D eigenvalue weighted by molar-refractivity contribution is 5.92. The first-order valence-corrected chi connectivity index (χ1v) is 9.37. The van der Waals surface area contributed by atoms with Crippen molar-refractivity contribution in [1.82, 2.24) is 10.6 Å². The number of amides is 3. The van der Waals surface area contributed by atoms with Crippen LogP contribution in [0.15, 0.2) is 29.3 Å². The summed E-state index contributed by atoms with van der Waals surface area (Å²) in [5.41, 5.74) is 16.0. The summed E-state index contributed by atoms with van der Waals surface area (Å²) >= 11 is 0. The monoisotopic (exact) mass is 437 g/mol. The van der Waals surface area contributed by atoms with Crippen molar-refractivity contribution in [2.24, 2.45) is 22.2 Å². The fraction of sp³-hybridized carbons (Fsp3) is 0.444. The highest BCUT2D eigenvalue weighted by Crippen LogP contribution is 2.13. The highest BCUT2D eigenvalue weighted by atomic mass is 16.6. The van der Waals surface area contributed by atoms with Crippen LogP contribution in [0, 0.1) is 10.1 Å². The fourth-order valence-electron chi connectivity index (χ4n) is 2.60. The molecule has 0 spiro atoms. The molecule has 3 atom stereocenters. The molecular weight excluding hydrogens is 410 g/mol. The molecule has 0 aliphatic heterocycles. The maximum absolute atomic E-state index is 12.7. The van der Waals surface area contributed by atoms with Crippen molar-refractivity contribution < 1.29 is 24.4 Å². The lowest BCUT2D eigenvalue weighted by molar-refractivity contribution is -0.384. The van der Waals surface area contributed by atoms with Crippen LogP contribution in [-0.2, 0) is 20.8 Å². The molecule has 0 fully saturated rings. The lowest BCUT2D eigenvalue weighted by Crippen LogP contribution is -2.56. The summed E-state index contributed by atoms with van der Waals surface area (Å²) in [5.74, 6) is -2.27. The molecule has 1 unspecified atom stereocenters. The van der Waals surface area contributed by atoms with Crippen molar-refractivity contribution >= 4 is 29.4 Å². The molecule has 1 rings (SSSR count). The average molecular weight is 437 g/mol. The van der Waals surface area contributed by atoms with Crippen molar-refractivity contribution in [3.8, 4) is 0 Å². The van der Waals surface area contributed by atoms with E-state index < -0.39 is 40.8 Å². The van der Waals surface area contributed by atoms with E-state index in [0.717, 1.165) is 0 Å². The van der Waals surface area contributed by atoms with Gasteiger partial charge in [0.1, 0.15) is 12.1 Å². The molecule has 9 N–H and O–H groups in total. The zero-order chi connectivity index (χ0) is 23.6. The molecule has 0 aliphatic rings. The Morgan fingerprint density at radius 1 is 1.16 bits per heavy atom. The molecule has 1 aromatic carbocycles. The largest absolute Gasteiger partial charge is 0.391 e. The number of primary amides is 1. The maximum Gasteiger partial charge on any atom is 0.269 e. The number of carbonyl (C=O) groups is 3. The van der Waals surface area contributed by atoms with Gasteiger partial charge in [0.05, 0.1) is 11.0 Å². The predicted octanol–water partition coefficient (Wildman–Crippen LogP) is -1.97. The van der Waals surface area contributed by atoms with E-state index in [-0.39, 0.29) is 31.0 Å². The second-order valence-corrected chi connectivity index (χ2v) is 6.79. The second kappa shape index (κ2) is 12.1. The van der Waals surface area contributed by atoms with Crippen LogP contribution in [0.5, 0.6) is 0 Å². The number of carbonyl (C=O) groups excluding carboxylic acids is 3. The van der Waals surface area contributed by atoms with E-state index in [0.29, 0.717) is 12.0 Å². The Morgan fingerprint density at radius 3 is 2.26 bits per heavy atom. The number of aliphatic imine (C=N–C) groups is 1. The normalized spacial score (nSPS) is 13.4. The van der Waals surface area contributed by atoms with Gasteiger partial charge in [0, 0.05) is 31.5 Å². The zero-order valence-corrected chi connectivity index (χ0v) is 17.0. The minimum atomic E-state index is -1.36. The van der Waals surface area contributed by atoms with Crippen LogP contribution in [0.3, 0.4) is 0 Å². The molecule has 0 aromatic heterocycles. The van der Waals surface area contributed by atoms with Crippen molar-refractivity contribution in [1.29, 1.82) is 0 Å². The van der Waals surface area contributed by atoms with Crippen molar-refractivity contribution in [2.75, 3.05) is 6.54 Å². The minimum Gasteiger partial charge on any atom is -0.391 e. The molecule has 0 radical (unpaired) electrons. The van der Waals surface area contributed by atoms with E-state index in [1.165, 1.54) is 31.2 Å². The lowest BCUT2D eigenvalue weighted by atomic mass is 10.0. The van der Waals surface area contributed by atoms with Gasteiger partial charge in [-0.25, -0.2) is 0 Å². The molecule has 1 aromatic rings. The Labute approximate surface area is 178 Å². The molecular formula is C18H27N7O6. The number of benzene rings is 1. The summed E-state index contributed by atoms with van der Waals surface area (Å²) in [5, 5.41) is 25.3. The number of nitrogens with zero attached hydrogens (tertiary/aromatic N) is 2. The number of nitrogens with two attached hydrogens (primary N) is 3. The van der Waals surface area contributed by atoms with Gasteiger partial charge in [-0.2, -0.15) is 0 Å². The fourth-order valence-corrected chi connectivity index (χ4v) is 2.60. The van der Waals surface area contributed by atoms with Gasteiger partial charge < -0.3 is 32.9 Å². The number of non-ortho nitro benzene ring substituents is 1. The smallest absolute Gasteiger partial charge is 0.269 e. The molecule has 0 bridgehead atoms. The van der Waals surface area contributed by atoms with Gasteiger partial charge in [0.25, 0.3) is 5.69 Å². The molecule has 3 amide bonds. The van der Waals surface area contributed by atoms with Crippen molar-refractivity contribution in [3.63, 3.8) is 0 Å². The summed E-state index contributed by atoms with van der Waals surface area (Å²) < 4.78 is 0. The standard InChI is InChI=1S/C18H27N7O6/c1-10(26)15(16(19)28)24-17(29)13(23-14(27)3-2-8-22-18(20)21)9-11-4-6-12(7-5-11)25(30)31/h4-7,10,13,15,26H,2-3,8-9H2,1H3,(H2,19,28)(H,23,27)(H,24,29)(H4,20,21,22)/t10?,13-,15-/m0/s1. The third-order valence-electron chi connectivity index (χ3n) is 4.18. The second-order valence-electron chi connectivity index (χ2n) is 6.79. The summed E-state index contributed by atoms with van der Waals surface area (Å²) in [4.78, 5) is 50.4. The molecule has 13 nitrogen and oxygen atoms in total. The number of hydrogen-bond acceptors (Lipinski definition) is 7. The number of nitro benzene ring substituents is 1. The maximum atomic E-state index is 12.7. The highest BCUT2D eigenvalue weighted by Gasteiger charge is 2.28. The number of guanidine groups is 1. The van der Waals surface area contributed by atoms with Crippen LogP contribution in [0.1, 0.15) is 25.3 Å². The Balaban J connectivity index is 2.93. The topological polar surface area (TPSA) is 229 Å². The van der Waals surface area contributed by atoms with Crippen LogP contribution < -0.4 is 27.8 Å². The van der Waals surface area contributed by atoms with Gasteiger partial charge in [-0.15, -0.1) is 0 Å². The molecule has 31 heavy (non-hydrogen) atoms. The van der Waals surface area contributed by atoms with Crippen LogP contribution in [0.4, 0.5) is 5.69 Å². The third-order valence-corrected chi connectivity index (χ3v) is 4.18. The van der Waals surface area contributed by atoms with Crippen molar-refractivity contribution in [3.05, 3.63) is 39.9 Å². The first kappa shape index (κ1) is 25.3. The quantitative estimate of drug-likeness (QED) is 0.0704. The summed E-state index contributed by atoms with van der Waals surface area (Å²) in [7, 11) is 0. The van der Waals surface area contributed by atoms with Gasteiger partial charge in [-0.05, 0) is 18.9 Å². The minimum absolute atomic E-state index is 0.0191. The molecule has 0 aliphatic carbocycles. The summed E-state index contributed by atoms with van der Waals surface area (Å²) in [6.07, 6.45) is -0.921. The molecule has 13 heteroatoms. The predicted molar refractivity (Wildman–Crippen MR) is 111 cm³/mol. The van der Waals surface area contributed by atoms with Crippen LogP contribution in [0.25, 0.3) is 0 Å². The van der Waals surface area contributed by atoms with Crippen LogP contribution in [-0.4, -0.2) is 58.4 Å². The summed E-state index contributed by atoms with van der Waals surface area (Å²) in [6.45, 7) is 1.50. The van der Waals surface area contributed by atoms with E-state index in [1.807, 2.05) is 0 Å². The Kier molecular flexibility index (Phi) is 9.85. The number of aliphatic hydroxyl groups excluding tert-OH is 1. The van der Waals surface area contributed by atoms with Gasteiger partial charge in [-0.1, -0.05) is 12.1 Å². The number of rotatable bonds is 12. The van der Waals surface area contributed by atoms with Crippen LogP contribution in [0.2, 0.25) is 0 Å². The van der Waals surface area contributed by atoms with E-state index >= 15 is 0 Å². The van der Waals surface area contributed by atoms with Gasteiger partial charge in [0.2, 0.25) is 17.7 Å². The number of nitrogens with one attached hydrogen (secondary N) is 2. The molecule has 0 heterocycles.